The number of aryl methyl sites for hydroxylation is 1. The number of rotatable bonds is 8. The van der Waals surface area contributed by atoms with Crippen LogP contribution < -0.4 is 5.32 Å². The number of hydrogen-bond donors (Lipinski definition) is 1. The quantitative estimate of drug-likeness (QED) is 0.620. The summed E-state index contributed by atoms with van der Waals surface area (Å²) in [5.41, 5.74) is 3.87. The van der Waals surface area contributed by atoms with Crippen molar-refractivity contribution < 1.29 is 4.79 Å². The molecule has 1 fully saturated rings. The van der Waals surface area contributed by atoms with Crippen molar-refractivity contribution in [3.05, 3.63) is 70.2 Å². The highest BCUT2D eigenvalue weighted by Crippen LogP contribution is 2.20. The van der Waals surface area contributed by atoms with Crippen LogP contribution in [-0.2, 0) is 17.1 Å². The van der Waals surface area contributed by atoms with Crippen LogP contribution in [0.4, 0.5) is 0 Å². The number of likely N-dealkylation sites (tertiary alicyclic amines) is 1. The molecule has 1 heterocycles. The van der Waals surface area contributed by atoms with Crippen LogP contribution >= 0.6 is 23.4 Å². The lowest BCUT2D eigenvalue weighted by Crippen LogP contribution is -2.40. The third-order valence-corrected chi connectivity index (χ3v) is 6.45. The SMILES string of the molecule is Cc1ccc(CN2CCC(C(=O)NCCSCc3cccc(Cl)c3)CC2)cc1. The minimum atomic E-state index is 0.159. The van der Waals surface area contributed by atoms with Gasteiger partial charge in [-0.25, -0.2) is 0 Å². The first kappa shape index (κ1) is 21.2. The predicted molar refractivity (Wildman–Crippen MR) is 120 cm³/mol. The Kier molecular flexibility index (Phi) is 8.26. The molecule has 1 saturated heterocycles. The molecule has 2 aromatic rings. The van der Waals surface area contributed by atoms with E-state index in [-0.39, 0.29) is 11.8 Å². The second-order valence-corrected chi connectivity index (χ2v) is 9.05. The Morgan fingerprint density at radius 1 is 1.14 bits per heavy atom. The van der Waals surface area contributed by atoms with Gasteiger partial charge in [0.05, 0.1) is 0 Å². The summed E-state index contributed by atoms with van der Waals surface area (Å²) in [4.78, 5) is 14.9. The maximum Gasteiger partial charge on any atom is 0.223 e. The largest absolute Gasteiger partial charge is 0.355 e. The van der Waals surface area contributed by atoms with Crippen LogP contribution in [0.3, 0.4) is 0 Å². The number of carbonyl (C=O) groups is 1. The average Bonchev–Trinajstić information content (AvgIpc) is 2.70. The van der Waals surface area contributed by atoms with Crippen LogP contribution in [0.5, 0.6) is 0 Å². The molecule has 0 atom stereocenters. The van der Waals surface area contributed by atoms with Crippen LogP contribution in [0.1, 0.15) is 29.5 Å². The zero-order valence-electron chi connectivity index (χ0n) is 16.5. The van der Waals surface area contributed by atoms with Crippen molar-refractivity contribution in [1.82, 2.24) is 10.2 Å². The average molecular weight is 417 g/mol. The molecule has 1 aliphatic rings. The van der Waals surface area contributed by atoms with Gasteiger partial charge in [-0.05, 0) is 56.1 Å². The van der Waals surface area contributed by atoms with E-state index in [9.17, 15) is 4.79 Å². The Hall–Kier alpha value is -1.49. The van der Waals surface area contributed by atoms with Gasteiger partial charge in [-0.15, -0.1) is 0 Å². The molecule has 5 heteroatoms. The Morgan fingerprint density at radius 3 is 2.61 bits per heavy atom. The number of amides is 1. The van der Waals surface area contributed by atoms with Crippen LogP contribution in [0.2, 0.25) is 5.02 Å². The molecule has 28 heavy (non-hydrogen) atoms. The van der Waals surface area contributed by atoms with E-state index in [1.165, 1.54) is 16.7 Å². The summed E-state index contributed by atoms with van der Waals surface area (Å²) in [6.07, 6.45) is 1.90. The molecule has 150 valence electrons. The molecule has 1 amide bonds. The van der Waals surface area contributed by atoms with Gasteiger partial charge in [-0.3, -0.25) is 9.69 Å². The number of thioether (sulfide) groups is 1. The van der Waals surface area contributed by atoms with Gasteiger partial charge < -0.3 is 5.32 Å². The van der Waals surface area contributed by atoms with E-state index in [0.29, 0.717) is 0 Å². The van der Waals surface area contributed by atoms with Gasteiger partial charge in [0.15, 0.2) is 0 Å². The van der Waals surface area contributed by atoms with Gasteiger partial charge in [0.25, 0.3) is 0 Å². The first-order chi connectivity index (χ1) is 13.6. The molecule has 0 radical (unpaired) electrons. The maximum absolute atomic E-state index is 12.4. The van der Waals surface area contributed by atoms with E-state index >= 15 is 0 Å². The molecule has 0 aliphatic carbocycles. The van der Waals surface area contributed by atoms with Crippen LogP contribution in [0.15, 0.2) is 48.5 Å². The van der Waals surface area contributed by atoms with E-state index in [1.807, 2.05) is 30.0 Å². The molecule has 2 aromatic carbocycles. The molecule has 0 bridgehead atoms. The van der Waals surface area contributed by atoms with Crippen LogP contribution in [-0.4, -0.2) is 36.2 Å². The molecule has 0 aromatic heterocycles. The van der Waals surface area contributed by atoms with Crippen molar-refractivity contribution in [2.45, 2.75) is 32.1 Å². The third-order valence-electron chi connectivity index (χ3n) is 5.19. The summed E-state index contributed by atoms with van der Waals surface area (Å²) >= 11 is 7.83. The molecule has 1 N–H and O–H groups in total. The summed E-state index contributed by atoms with van der Waals surface area (Å²) in [5, 5.41) is 3.89. The second-order valence-electron chi connectivity index (χ2n) is 7.51. The van der Waals surface area contributed by atoms with Crippen molar-refractivity contribution in [1.29, 1.82) is 0 Å². The zero-order valence-corrected chi connectivity index (χ0v) is 18.1. The number of halogens is 1. The Bertz CT molecular complexity index is 757. The monoisotopic (exact) mass is 416 g/mol. The van der Waals surface area contributed by atoms with E-state index in [1.54, 1.807) is 0 Å². The highest BCUT2D eigenvalue weighted by atomic mass is 35.5. The van der Waals surface area contributed by atoms with Crippen LogP contribution in [0.25, 0.3) is 0 Å². The molecule has 1 aliphatic heterocycles. The van der Waals surface area contributed by atoms with Crippen molar-refractivity contribution in [3.63, 3.8) is 0 Å². The number of hydrogen-bond acceptors (Lipinski definition) is 3. The normalized spacial score (nSPS) is 15.5. The van der Waals surface area contributed by atoms with E-state index < -0.39 is 0 Å². The molecule has 0 unspecified atom stereocenters. The van der Waals surface area contributed by atoms with Gasteiger partial charge in [0.1, 0.15) is 0 Å². The maximum atomic E-state index is 12.4. The molecule has 3 nitrogen and oxygen atoms in total. The Morgan fingerprint density at radius 2 is 1.89 bits per heavy atom. The van der Waals surface area contributed by atoms with Crippen molar-refractivity contribution in [2.75, 3.05) is 25.4 Å². The second kappa shape index (κ2) is 10.9. The standard InChI is InChI=1S/C23H29ClN2OS/c1-18-5-7-19(8-6-18)16-26-12-9-21(10-13-26)23(27)25-11-14-28-17-20-3-2-4-22(24)15-20/h2-8,15,21H,9-14,16-17H2,1H3,(H,25,27). The highest BCUT2D eigenvalue weighted by Gasteiger charge is 2.24. The fourth-order valence-electron chi connectivity index (χ4n) is 3.51. The smallest absolute Gasteiger partial charge is 0.223 e. The summed E-state index contributed by atoms with van der Waals surface area (Å²) < 4.78 is 0. The Labute approximate surface area is 177 Å². The summed E-state index contributed by atoms with van der Waals surface area (Å²) in [6.45, 7) is 5.82. The number of carbonyl (C=O) groups excluding carboxylic acids is 1. The van der Waals surface area contributed by atoms with Gasteiger partial charge >= 0.3 is 0 Å². The van der Waals surface area contributed by atoms with Gasteiger partial charge in [-0.1, -0.05) is 53.6 Å². The lowest BCUT2D eigenvalue weighted by Gasteiger charge is -2.31. The van der Waals surface area contributed by atoms with Gasteiger partial charge in [0.2, 0.25) is 5.91 Å². The molecular weight excluding hydrogens is 388 g/mol. The summed E-state index contributed by atoms with van der Waals surface area (Å²) in [6, 6.07) is 16.7. The highest BCUT2D eigenvalue weighted by molar-refractivity contribution is 7.98. The number of nitrogens with zero attached hydrogens (tertiary/aromatic N) is 1. The lowest BCUT2D eigenvalue weighted by molar-refractivity contribution is -0.126. The number of nitrogens with one attached hydrogen (secondary N) is 1. The van der Waals surface area contributed by atoms with Crippen molar-refractivity contribution in [3.8, 4) is 0 Å². The number of benzene rings is 2. The van der Waals surface area contributed by atoms with E-state index in [2.05, 4.69) is 47.5 Å². The molecular formula is C23H29ClN2OS. The zero-order chi connectivity index (χ0) is 19.8. The van der Waals surface area contributed by atoms with E-state index in [4.69, 9.17) is 11.6 Å². The van der Waals surface area contributed by atoms with Gasteiger partial charge in [-0.2, -0.15) is 11.8 Å². The van der Waals surface area contributed by atoms with Crippen molar-refractivity contribution >= 4 is 29.3 Å². The first-order valence-corrected chi connectivity index (χ1v) is 11.5. The lowest BCUT2D eigenvalue weighted by atomic mass is 9.95. The molecule has 0 saturated carbocycles. The molecule has 3 rings (SSSR count). The topological polar surface area (TPSA) is 32.3 Å². The fourth-order valence-corrected chi connectivity index (χ4v) is 4.53. The van der Waals surface area contributed by atoms with Crippen molar-refractivity contribution in [2.24, 2.45) is 5.92 Å². The third kappa shape index (κ3) is 6.84. The van der Waals surface area contributed by atoms with E-state index in [0.717, 1.165) is 55.5 Å². The number of piperidine rings is 1. The van der Waals surface area contributed by atoms with Crippen LogP contribution in [0, 0.1) is 12.8 Å². The summed E-state index contributed by atoms with van der Waals surface area (Å²) in [5.74, 6) is 2.23. The summed E-state index contributed by atoms with van der Waals surface area (Å²) in [7, 11) is 0. The predicted octanol–water partition coefficient (Wildman–Crippen LogP) is 4.91. The Balaban J connectivity index is 1.30. The minimum Gasteiger partial charge on any atom is -0.355 e. The fraction of sp³-hybridized carbons (Fsp3) is 0.435. The molecule has 0 spiro atoms. The first-order valence-electron chi connectivity index (χ1n) is 9.98. The van der Waals surface area contributed by atoms with Gasteiger partial charge in [0, 0.05) is 35.5 Å². The minimum absolute atomic E-state index is 0.159.